The number of piperazine rings is 1. The molecule has 1 atom stereocenters. The molecule has 1 saturated heterocycles. The largest absolute Gasteiger partial charge is 0.416 e. The Balaban J connectivity index is 1.92. The summed E-state index contributed by atoms with van der Waals surface area (Å²) in [7, 11) is -3.57. The van der Waals surface area contributed by atoms with Crippen molar-refractivity contribution in [3.63, 3.8) is 0 Å². The van der Waals surface area contributed by atoms with Gasteiger partial charge in [-0.1, -0.05) is 6.07 Å². The summed E-state index contributed by atoms with van der Waals surface area (Å²) in [5.74, 6) is -0.701. The lowest BCUT2D eigenvalue weighted by molar-refractivity contribution is -0.137. The monoisotopic (exact) mass is 427 g/mol. The first kappa shape index (κ1) is 21.8. The van der Waals surface area contributed by atoms with Crippen LogP contribution < -0.4 is 10.2 Å². The number of rotatable bonds is 6. The third-order valence-electron chi connectivity index (χ3n) is 4.19. The summed E-state index contributed by atoms with van der Waals surface area (Å²) in [5, 5.41) is 1.69. The molecule has 1 heterocycles. The summed E-state index contributed by atoms with van der Waals surface area (Å²) in [6.07, 6.45) is -4.42. The van der Waals surface area contributed by atoms with Gasteiger partial charge in [0.15, 0.2) is 0 Å². The van der Waals surface area contributed by atoms with E-state index >= 15 is 0 Å². The van der Waals surface area contributed by atoms with E-state index in [-0.39, 0.29) is 38.5 Å². The van der Waals surface area contributed by atoms with Gasteiger partial charge in [0.1, 0.15) is 5.38 Å². The minimum atomic E-state index is -4.42. The quantitative estimate of drug-likeness (QED) is 0.704. The Kier molecular flexibility index (Phi) is 6.98. The van der Waals surface area contributed by atoms with Gasteiger partial charge in [0.2, 0.25) is 15.9 Å². The first-order chi connectivity index (χ1) is 12.5. The number of hydrogen-bond donors (Lipinski definition) is 1. The van der Waals surface area contributed by atoms with Gasteiger partial charge in [-0.25, -0.2) is 8.42 Å². The van der Waals surface area contributed by atoms with Crippen LogP contribution in [0.1, 0.15) is 12.5 Å². The van der Waals surface area contributed by atoms with Crippen molar-refractivity contribution < 1.29 is 26.4 Å². The van der Waals surface area contributed by atoms with E-state index in [1.54, 1.807) is 11.0 Å². The lowest BCUT2D eigenvalue weighted by Gasteiger charge is -2.35. The number of carbonyl (C=O) groups excluding carboxylic acids is 1. The number of sulfonamides is 1. The molecule has 2 rings (SSSR count). The van der Waals surface area contributed by atoms with Gasteiger partial charge in [-0.3, -0.25) is 4.79 Å². The molecule has 1 aromatic carbocycles. The summed E-state index contributed by atoms with van der Waals surface area (Å²) >= 11 is 5.59. The van der Waals surface area contributed by atoms with Crippen LogP contribution in [0.4, 0.5) is 18.9 Å². The van der Waals surface area contributed by atoms with Crippen LogP contribution in [-0.2, 0) is 21.0 Å². The molecule has 1 aromatic rings. The fourth-order valence-electron chi connectivity index (χ4n) is 2.68. The van der Waals surface area contributed by atoms with E-state index in [2.05, 4.69) is 5.32 Å². The van der Waals surface area contributed by atoms with Crippen molar-refractivity contribution >= 4 is 33.2 Å². The predicted molar refractivity (Wildman–Crippen MR) is 97.3 cm³/mol. The average molecular weight is 428 g/mol. The van der Waals surface area contributed by atoms with Gasteiger partial charge in [0.25, 0.3) is 0 Å². The van der Waals surface area contributed by atoms with Gasteiger partial charge in [-0.2, -0.15) is 17.5 Å². The molecule has 0 saturated carbocycles. The Morgan fingerprint density at radius 2 is 1.89 bits per heavy atom. The van der Waals surface area contributed by atoms with E-state index in [4.69, 9.17) is 11.6 Å². The predicted octanol–water partition coefficient (Wildman–Crippen LogP) is 1.90. The van der Waals surface area contributed by atoms with Crippen LogP contribution >= 0.6 is 11.6 Å². The molecule has 1 amide bonds. The van der Waals surface area contributed by atoms with Crippen LogP contribution in [0.15, 0.2) is 24.3 Å². The molecule has 6 nitrogen and oxygen atoms in total. The van der Waals surface area contributed by atoms with E-state index in [0.29, 0.717) is 5.69 Å². The third-order valence-corrected chi connectivity index (χ3v) is 6.26. The molecule has 152 valence electrons. The molecule has 1 N–H and O–H groups in total. The molecule has 1 fully saturated rings. The minimum absolute atomic E-state index is 0.0495. The number of benzene rings is 1. The standard InChI is InChI=1S/C16H21ClF3N3O3S/c1-12(17)15(24)21-5-10-27(25,26)23-8-6-22(7-9-23)14-4-2-3-13(11-14)16(18,19)20/h2-4,11-12H,5-10H2,1H3,(H,21,24). The molecule has 0 radical (unpaired) electrons. The molecule has 1 aliphatic heterocycles. The minimum Gasteiger partial charge on any atom is -0.369 e. The summed E-state index contributed by atoms with van der Waals surface area (Å²) in [4.78, 5) is 13.1. The summed E-state index contributed by atoms with van der Waals surface area (Å²) in [6, 6.07) is 4.97. The van der Waals surface area contributed by atoms with E-state index in [1.807, 2.05) is 0 Å². The van der Waals surface area contributed by atoms with Crippen molar-refractivity contribution in [2.75, 3.05) is 43.4 Å². The fourth-order valence-corrected chi connectivity index (χ4v) is 4.09. The van der Waals surface area contributed by atoms with Crippen molar-refractivity contribution in [3.05, 3.63) is 29.8 Å². The second-order valence-electron chi connectivity index (χ2n) is 6.16. The van der Waals surface area contributed by atoms with E-state index in [9.17, 15) is 26.4 Å². The van der Waals surface area contributed by atoms with Crippen molar-refractivity contribution in [2.24, 2.45) is 0 Å². The molecule has 1 unspecified atom stereocenters. The van der Waals surface area contributed by atoms with Crippen molar-refractivity contribution in [3.8, 4) is 0 Å². The normalized spacial score (nSPS) is 17.6. The molecular weight excluding hydrogens is 407 g/mol. The lowest BCUT2D eigenvalue weighted by Crippen LogP contribution is -2.50. The van der Waals surface area contributed by atoms with Crippen molar-refractivity contribution in [1.82, 2.24) is 9.62 Å². The van der Waals surface area contributed by atoms with Gasteiger partial charge in [-0.15, -0.1) is 11.6 Å². The second kappa shape index (κ2) is 8.66. The number of halogens is 4. The molecule has 27 heavy (non-hydrogen) atoms. The Morgan fingerprint density at radius 1 is 1.26 bits per heavy atom. The maximum atomic E-state index is 12.8. The summed E-state index contributed by atoms with van der Waals surface area (Å²) in [5.41, 5.74) is -0.329. The second-order valence-corrected chi connectivity index (χ2v) is 8.90. The van der Waals surface area contributed by atoms with E-state index in [0.717, 1.165) is 12.1 Å². The first-order valence-electron chi connectivity index (χ1n) is 8.32. The Morgan fingerprint density at radius 3 is 2.44 bits per heavy atom. The highest BCUT2D eigenvalue weighted by molar-refractivity contribution is 7.89. The molecule has 0 aromatic heterocycles. The van der Waals surface area contributed by atoms with Crippen LogP contribution in [-0.4, -0.2) is 62.5 Å². The zero-order valence-electron chi connectivity index (χ0n) is 14.7. The Labute approximate surface area is 161 Å². The summed E-state index contributed by atoms with van der Waals surface area (Å²) in [6.45, 7) is 2.33. The SMILES string of the molecule is CC(Cl)C(=O)NCCS(=O)(=O)N1CCN(c2cccc(C(F)(F)F)c2)CC1. The highest BCUT2D eigenvalue weighted by Crippen LogP contribution is 2.31. The Bertz CT molecular complexity index is 764. The van der Waals surface area contributed by atoms with Crippen molar-refractivity contribution in [2.45, 2.75) is 18.5 Å². The molecule has 11 heteroatoms. The number of nitrogens with zero attached hydrogens (tertiary/aromatic N) is 2. The fraction of sp³-hybridized carbons (Fsp3) is 0.562. The van der Waals surface area contributed by atoms with Gasteiger partial charge >= 0.3 is 6.18 Å². The number of alkyl halides is 4. The molecule has 1 aliphatic rings. The number of amides is 1. The zero-order chi connectivity index (χ0) is 20.2. The molecule has 0 bridgehead atoms. The number of nitrogens with one attached hydrogen (secondary N) is 1. The van der Waals surface area contributed by atoms with Crippen LogP contribution in [0.3, 0.4) is 0 Å². The molecular formula is C16H21ClF3N3O3S. The van der Waals surface area contributed by atoms with Crippen LogP contribution in [0, 0.1) is 0 Å². The first-order valence-corrected chi connectivity index (χ1v) is 10.4. The van der Waals surface area contributed by atoms with Gasteiger partial charge in [0, 0.05) is 38.4 Å². The Hall–Kier alpha value is -1.52. The van der Waals surface area contributed by atoms with Gasteiger partial charge in [0.05, 0.1) is 11.3 Å². The number of anilines is 1. The van der Waals surface area contributed by atoms with E-state index < -0.39 is 33.0 Å². The summed E-state index contributed by atoms with van der Waals surface area (Å²) < 4.78 is 64.5. The topological polar surface area (TPSA) is 69.7 Å². The highest BCUT2D eigenvalue weighted by atomic mass is 35.5. The lowest BCUT2D eigenvalue weighted by atomic mass is 10.1. The molecule has 0 spiro atoms. The number of hydrogen-bond acceptors (Lipinski definition) is 4. The van der Waals surface area contributed by atoms with Gasteiger partial charge < -0.3 is 10.2 Å². The zero-order valence-corrected chi connectivity index (χ0v) is 16.2. The number of carbonyl (C=O) groups is 1. The van der Waals surface area contributed by atoms with Gasteiger partial charge in [-0.05, 0) is 25.1 Å². The maximum absolute atomic E-state index is 12.8. The maximum Gasteiger partial charge on any atom is 0.416 e. The third kappa shape index (κ3) is 5.98. The van der Waals surface area contributed by atoms with Crippen LogP contribution in [0.25, 0.3) is 0 Å². The highest BCUT2D eigenvalue weighted by Gasteiger charge is 2.32. The average Bonchev–Trinajstić information content (AvgIpc) is 2.61. The van der Waals surface area contributed by atoms with Crippen LogP contribution in [0.5, 0.6) is 0 Å². The molecule has 0 aliphatic carbocycles. The van der Waals surface area contributed by atoms with Crippen molar-refractivity contribution in [1.29, 1.82) is 0 Å². The van der Waals surface area contributed by atoms with E-state index in [1.165, 1.54) is 17.3 Å². The van der Waals surface area contributed by atoms with Crippen LogP contribution in [0.2, 0.25) is 0 Å². The smallest absolute Gasteiger partial charge is 0.369 e.